The van der Waals surface area contributed by atoms with Crippen molar-refractivity contribution in [1.82, 2.24) is 5.32 Å². The number of carbonyl (C=O) groups is 2. The molecule has 32 heavy (non-hydrogen) atoms. The van der Waals surface area contributed by atoms with Crippen LogP contribution in [0.25, 0.3) is 0 Å². The number of rotatable bonds is 8. The average Bonchev–Trinajstić information content (AvgIpc) is 2.72. The monoisotopic (exact) mass is 477 g/mol. The van der Waals surface area contributed by atoms with E-state index < -0.39 is 71.3 Å². The van der Waals surface area contributed by atoms with Crippen LogP contribution in [0.15, 0.2) is 29.2 Å². The van der Waals surface area contributed by atoms with Gasteiger partial charge in [-0.25, -0.2) is 4.79 Å². The number of ether oxygens (including phenoxy) is 2. The lowest BCUT2D eigenvalue weighted by Gasteiger charge is -2.45. The molecule has 6 atom stereocenters. The van der Waals surface area contributed by atoms with Gasteiger partial charge in [-0.3, -0.25) is 8.98 Å². The number of aryl methyl sites for hydroxylation is 1. The molecular formula is C19H27NO11S. The minimum atomic E-state index is -4.27. The summed E-state index contributed by atoms with van der Waals surface area (Å²) in [6.45, 7) is 1.96. The first kappa shape index (κ1) is 26.1. The lowest BCUT2D eigenvalue weighted by molar-refractivity contribution is -0.296. The summed E-state index contributed by atoms with van der Waals surface area (Å²) >= 11 is 0. The Morgan fingerprint density at radius 3 is 2.41 bits per heavy atom. The van der Waals surface area contributed by atoms with E-state index in [1.807, 2.05) is 0 Å². The van der Waals surface area contributed by atoms with E-state index >= 15 is 0 Å². The van der Waals surface area contributed by atoms with Crippen molar-refractivity contribution in [2.75, 3.05) is 13.7 Å². The molecule has 1 aromatic rings. The van der Waals surface area contributed by atoms with Crippen LogP contribution >= 0.6 is 0 Å². The topological polar surface area (TPSA) is 189 Å². The number of aliphatic hydroxyl groups excluding tert-OH is 3. The molecule has 2 rings (SSSR count). The van der Waals surface area contributed by atoms with Gasteiger partial charge in [-0.1, -0.05) is 17.7 Å². The largest absolute Gasteiger partial charge is 0.465 e. The molecule has 13 heteroatoms. The number of methoxy groups -OCH3 is 1. The Morgan fingerprint density at radius 2 is 1.88 bits per heavy atom. The smallest absolute Gasteiger partial charge is 0.366 e. The number of esters is 1. The Kier molecular flexibility index (Phi) is 8.33. The third-order valence-electron chi connectivity index (χ3n) is 4.89. The zero-order valence-corrected chi connectivity index (χ0v) is 18.5. The first-order valence-electron chi connectivity index (χ1n) is 9.56. The van der Waals surface area contributed by atoms with Crippen molar-refractivity contribution in [2.45, 2.75) is 61.4 Å². The van der Waals surface area contributed by atoms with Crippen LogP contribution in [-0.2, 0) is 33.4 Å². The van der Waals surface area contributed by atoms with Crippen LogP contribution in [0.3, 0.4) is 0 Å². The third kappa shape index (κ3) is 6.01. The third-order valence-corrected chi connectivity index (χ3v) is 6.19. The Balaban J connectivity index is 2.19. The van der Waals surface area contributed by atoms with Crippen LogP contribution in [0.2, 0.25) is 0 Å². The maximum Gasteiger partial charge on any atom is 0.366 e. The summed E-state index contributed by atoms with van der Waals surface area (Å²) in [7, 11) is -3.32. The van der Waals surface area contributed by atoms with Gasteiger partial charge in [0, 0.05) is 13.3 Å². The summed E-state index contributed by atoms with van der Waals surface area (Å²) in [5.41, 5.74) is 0.814. The van der Waals surface area contributed by atoms with Gasteiger partial charge in [0.2, 0.25) is 5.91 Å². The number of nitrogens with one attached hydrogen (secondary N) is 1. The van der Waals surface area contributed by atoms with E-state index in [4.69, 9.17) is 8.92 Å². The van der Waals surface area contributed by atoms with Crippen molar-refractivity contribution in [1.29, 1.82) is 0 Å². The van der Waals surface area contributed by atoms with Crippen molar-refractivity contribution >= 4 is 22.0 Å². The Morgan fingerprint density at radius 1 is 1.28 bits per heavy atom. The van der Waals surface area contributed by atoms with Crippen LogP contribution in [-0.4, -0.2) is 90.7 Å². The summed E-state index contributed by atoms with van der Waals surface area (Å²) in [5, 5.41) is 43.9. The van der Waals surface area contributed by atoms with E-state index in [2.05, 4.69) is 10.1 Å². The van der Waals surface area contributed by atoms with Gasteiger partial charge < -0.3 is 35.2 Å². The molecule has 180 valence electrons. The molecule has 0 bridgehead atoms. The number of hydrogen-bond donors (Lipinski definition) is 5. The van der Waals surface area contributed by atoms with E-state index in [9.17, 15) is 38.4 Å². The second-order valence-corrected chi connectivity index (χ2v) is 9.08. The highest BCUT2D eigenvalue weighted by Crippen LogP contribution is 2.31. The van der Waals surface area contributed by atoms with Gasteiger partial charge in [0.1, 0.15) is 18.3 Å². The molecule has 1 aliphatic heterocycles. The minimum absolute atomic E-state index is 0.176. The molecule has 0 unspecified atom stereocenters. The molecular weight excluding hydrogens is 450 g/mol. The van der Waals surface area contributed by atoms with Gasteiger partial charge in [-0.2, -0.15) is 8.42 Å². The first-order valence-corrected chi connectivity index (χ1v) is 11.0. The van der Waals surface area contributed by atoms with E-state index in [1.54, 1.807) is 19.1 Å². The molecule has 1 aromatic carbocycles. The fourth-order valence-corrected chi connectivity index (χ4v) is 4.14. The molecule has 1 aliphatic rings. The van der Waals surface area contributed by atoms with Crippen LogP contribution in [0.4, 0.5) is 0 Å². The summed E-state index contributed by atoms with van der Waals surface area (Å²) in [6.07, 6.45) is -7.91. The number of carbonyl (C=O) groups excluding carboxylic acids is 2. The Bertz CT molecular complexity index is 920. The maximum atomic E-state index is 12.3. The molecule has 1 fully saturated rings. The van der Waals surface area contributed by atoms with Crippen LogP contribution in [0.5, 0.6) is 0 Å². The highest BCUT2D eigenvalue weighted by molar-refractivity contribution is 7.86. The van der Waals surface area contributed by atoms with Crippen molar-refractivity contribution in [3.63, 3.8) is 0 Å². The van der Waals surface area contributed by atoms with Crippen LogP contribution < -0.4 is 5.32 Å². The molecule has 1 amide bonds. The molecule has 12 nitrogen and oxygen atoms in total. The van der Waals surface area contributed by atoms with Gasteiger partial charge >= 0.3 is 5.97 Å². The van der Waals surface area contributed by atoms with Crippen LogP contribution in [0.1, 0.15) is 18.9 Å². The normalized spacial score (nSPS) is 27.9. The summed E-state index contributed by atoms with van der Waals surface area (Å²) < 4.78 is 39.0. The van der Waals surface area contributed by atoms with Gasteiger partial charge in [-0.15, -0.1) is 0 Å². The average molecular weight is 477 g/mol. The number of aliphatic hydroxyl groups is 4. The Labute approximate surface area is 184 Å². The first-order chi connectivity index (χ1) is 14.8. The standard InChI is InChI=1S/C19H27NO11S/c1-10-4-6-12(7-5-10)32(27,28)30-9-14(23)16(24)17-15(20-11(2)21)13(22)8-19(26,31-17)18(25)29-3/h4-7,13-17,22-24,26H,8-9H2,1-3H3,(H,20,21)/t13-,14-,15+,16-,17+,19+/m0/s1. The molecule has 0 aliphatic carbocycles. The van der Waals surface area contributed by atoms with Gasteiger partial charge in [0.25, 0.3) is 15.9 Å². The fraction of sp³-hybridized carbons (Fsp3) is 0.579. The highest BCUT2D eigenvalue weighted by atomic mass is 32.2. The highest BCUT2D eigenvalue weighted by Gasteiger charge is 2.54. The Hall–Kier alpha value is -2.13. The summed E-state index contributed by atoms with van der Waals surface area (Å²) in [5.74, 6) is -4.59. The quantitative estimate of drug-likeness (QED) is 0.204. The zero-order chi connectivity index (χ0) is 24.3. The lowest BCUT2D eigenvalue weighted by atomic mass is 9.88. The van der Waals surface area contributed by atoms with Crippen molar-refractivity contribution in [3.8, 4) is 0 Å². The van der Waals surface area contributed by atoms with Crippen LogP contribution in [0, 0.1) is 6.92 Å². The fourth-order valence-electron chi connectivity index (χ4n) is 3.21. The second-order valence-electron chi connectivity index (χ2n) is 7.47. The van der Waals surface area contributed by atoms with Gasteiger partial charge in [0.05, 0.1) is 30.8 Å². The molecule has 0 aromatic heterocycles. The van der Waals surface area contributed by atoms with E-state index in [-0.39, 0.29) is 4.90 Å². The van der Waals surface area contributed by atoms with E-state index in [0.717, 1.165) is 19.6 Å². The van der Waals surface area contributed by atoms with Crippen molar-refractivity contribution in [3.05, 3.63) is 29.8 Å². The van der Waals surface area contributed by atoms with Gasteiger partial charge in [0.15, 0.2) is 0 Å². The molecule has 5 N–H and O–H groups in total. The van der Waals surface area contributed by atoms with Gasteiger partial charge in [-0.05, 0) is 19.1 Å². The number of benzene rings is 1. The molecule has 1 heterocycles. The van der Waals surface area contributed by atoms with Crippen molar-refractivity contribution in [2.24, 2.45) is 0 Å². The second kappa shape index (κ2) is 10.2. The maximum absolute atomic E-state index is 12.3. The summed E-state index contributed by atoms with van der Waals surface area (Å²) in [4.78, 5) is 23.2. The predicted octanol–water partition coefficient (Wildman–Crippen LogP) is -2.06. The molecule has 0 radical (unpaired) electrons. The number of hydrogen-bond acceptors (Lipinski definition) is 11. The van der Waals surface area contributed by atoms with E-state index in [1.165, 1.54) is 12.1 Å². The van der Waals surface area contributed by atoms with Crippen molar-refractivity contribution < 1.29 is 52.1 Å². The SMILES string of the molecule is COC(=O)[C@@]1(O)C[C@H](O)[C@@H](NC(C)=O)[C@H]([C@@H](O)[C@@H](O)COS(=O)(=O)c2ccc(C)cc2)O1. The minimum Gasteiger partial charge on any atom is -0.465 e. The predicted molar refractivity (Wildman–Crippen MR) is 106 cm³/mol. The molecule has 1 saturated heterocycles. The number of amides is 1. The van der Waals surface area contributed by atoms with E-state index in [0.29, 0.717) is 0 Å². The molecule has 0 spiro atoms. The lowest BCUT2D eigenvalue weighted by Crippen LogP contribution is -2.67. The molecule has 0 saturated carbocycles. The summed E-state index contributed by atoms with van der Waals surface area (Å²) in [6, 6.07) is 4.35. The zero-order valence-electron chi connectivity index (χ0n) is 17.7.